The number of aromatic hydroxyl groups is 1. The van der Waals surface area contributed by atoms with Crippen LogP contribution in [0.3, 0.4) is 0 Å². The lowest BCUT2D eigenvalue weighted by Gasteiger charge is -2.17. The van der Waals surface area contributed by atoms with Gasteiger partial charge in [-0.1, -0.05) is 24.3 Å². The maximum Gasteiger partial charge on any atom is 0.274 e. The maximum atomic E-state index is 13.7. The van der Waals surface area contributed by atoms with Crippen molar-refractivity contribution in [1.29, 1.82) is 0 Å². The Morgan fingerprint density at radius 3 is 2.48 bits per heavy atom. The minimum Gasteiger partial charge on any atom is -0.507 e. The van der Waals surface area contributed by atoms with Gasteiger partial charge in [0.15, 0.2) is 11.5 Å². The van der Waals surface area contributed by atoms with Crippen LogP contribution >= 0.6 is 11.6 Å². The largest absolute Gasteiger partial charge is 0.507 e. The van der Waals surface area contributed by atoms with Gasteiger partial charge in [-0.15, -0.1) is 11.6 Å². The molecule has 5 rings (SSSR count). The van der Waals surface area contributed by atoms with E-state index in [4.69, 9.17) is 25.8 Å². The molecule has 0 radical (unpaired) electrons. The van der Waals surface area contributed by atoms with Crippen LogP contribution in [0.1, 0.15) is 22.0 Å². The minimum absolute atomic E-state index is 0.0461. The zero-order valence-electron chi connectivity index (χ0n) is 18.4. The predicted octanol–water partition coefficient (Wildman–Crippen LogP) is 5.04. The van der Waals surface area contributed by atoms with Crippen molar-refractivity contribution in [2.75, 3.05) is 38.7 Å². The summed E-state index contributed by atoms with van der Waals surface area (Å²) in [5.41, 5.74) is 2.66. The summed E-state index contributed by atoms with van der Waals surface area (Å²) in [5.74, 6) is 1.62. The van der Waals surface area contributed by atoms with Gasteiger partial charge in [0.1, 0.15) is 11.4 Å². The molecule has 2 N–H and O–H groups in total. The highest BCUT2D eigenvalue weighted by Gasteiger charge is 2.35. The van der Waals surface area contributed by atoms with Crippen LogP contribution < -0.4 is 19.1 Å². The first kappa shape index (κ1) is 21.3. The number of nitrogens with one attached hydrogen (secondary N) is 1. The summed E-state index contributed by atoms with van der Waals surface area (Å²) < 4.78 is 16.4. The molecule has 0 saturated carbocycles. The molecule has 0 saturated heterocycles. The standard InChI is InChI=1S/C25H23ClN2O5/c1-31-20-9-13-8-17(27-22(13)24(33-3)23(20)32-2)25(30)28-12-14(11-26)21-16-7-5-4-6-15(16)19(29)10-18(21)28/h4-10,14,27,29H,11-12H2,1-3H3. The number of nitrogens with zero attached hydrogens (tertiary/aromatic N) is 1. The van der Waals surface area contributed by atoms with E-state index in [2.05, 4.69) is 4.98 Å². The van der Waals surface area contributed by atoms with E-state index in [-0.39, 0.29) is 17.6 Å². The number of aromatic nitrogens is 1. The number of aromatic amines is 1. The number of benzene rings is 3. The van der Waals surface area contributed by atoms with Crippen molar-refractivity contribution in [3.63, 3.8) is 0 Å². The van der Waals surface area contributed by atoms with Crippen LogP contribution in [-0.2, 0) is 0 Å². The summed E-state index contributed by atoms with van der Waals surface area (Å²) in [6.45, 7) is 0.421. The van der Waals surface area contributed by atoms with Crippen molar-refractivity contribution >= 4 is 44.9 Å². The summed E-state index contributed by atoms with van der Waals surface area (Å²) in [4.78, 5) is 18.5. The molecule has 1 amide bonds. The third kappa shape index (κ3) is 3.15. The zero-order valence-corrected chi connectivity index (χ0v) is 19.2. The second-order valence-electron chi connectivity index (χ2n) is 7.93. The van der Waals surface area contributed by atoms with Crippen molar-refractivity contribution < 1.29 is 24.1 Å². The molecule has 7 nitrogen and oxygen atoms in total. The number of hydrogen-bond acceptors (Lipinski definition) is 5. The van der Waals surface area contributed by atoms with Crippen LogP contribution in [0.5, 0.6) is 23.0 Å². The highest BCUT2D eigenvalue weighted by molar-refractivity contribution is 6.19. The first-order valence-corrected chi connectivity index (χ1v) is 11.0. The third-order valence-corrected chi connectivity index (χ3v) is 6.60. The number of hydrogen-bond donors (Lipinski definition) is 2. The number of alkyl halides is 1. The van der Waals surface area contributed by atoms with E-state index in [9.17, 15) is 9.90 Å². The fourth-order valence-corrected chi connectivity index (χ4v) is 5.00. The number of amides is 1. The van der Waals surface area contributed by atoms with E-state index >= 15 is 0 Å². The van der Waals surface area contributed by atoms with Gasteiger partial charge < -0.3 is 29.2 Å². The Morgan fingerprint density at radius 1 is 1.09 bits per heavy atom. The number of ether oxygens (including phenoxy) is 3. The number of carbonyl (C=O) groups is 1. The molecule has 3 aromatic carbocycles. The van der Waals surface area contributed by atoms with Gasteiger partial charge in [0.2, 0.25) is 5.75 Å². The zero-order chi connectivity index (χ0) is 23.3. The second kappa shape index (κ2) is 8.08. The van der Waals surface area contributed by atoms with E-state index in [1.165, 1.54) is 14.2 Å². The van der Waals surface area contributed by atoms with Gasteiger partial charge in [0.25, 0.3) is 5.91 Å². The molecule has 0 spiro atoms. The third-order valence-electron chi connectivity index (χ3n) is 6.23. The highest BCUT2D eigenvalue weighted by Crippen LogP contribution is 2.46. The maximum absolute atomic E-state index is 13.7. The molecule has 2 heterocycles. The van der Waals surface area contributed by atoms with Gasteiger partial charge >= 0.3 is 0 Å². The molecular formula is C25H23ClN2O5. The van der Waals surface area contributed by atoms with Crippen LogP contribution in [0.4, 0.5) is 5.69 Å². The number of anilines is 1. The summed E-state index contributed by atoms with van der Waals surface area (Å²) in [5, 5.41) is 13.0. The molecule has 0 bridgehead atoms. The quantitative estimate of drug-likeness (QED) is 0.403. The van der Waals surface area contributed by atoms with Gasteiger partial charge in [-0.05, 0) is 23.1 Å². The Labute approximate surface area is 195 Å². The summed E-state index contributed by atoms with van der Waals surface area (Å²) in [6.07, 6.45) is 0. The lowest BCUT2D eigenvalue weighted by atomic mass is 9.95. The van der Waals surface area contributed by atoms with Crippen LogP contribution in [0.2, 0.25) is 0 Å². The van der Waals surface area contributed by atoms with E-state index < -0.39 is 0 Å². The Morgan fingerprint density at radius 2 is 1.82 bits per heavy atom. The number of fused-ring (bicyclic) bond motifs is 4. The molecule has 8 heteroatoms. The summed E-state index contributed by atoms with van der Waals surface area (Å²) in [6, 6.07) is 12.8. The molecule has 1 aliphatic heterocycles. The number of rotatable bonds is 5. The SMILES string of the molecule is COc1cc2cc(C(=O)N3CC(CCl)c4c3cc(O)c3ccccc43)[nH]c2c(OC)c1OC. The van der Waals surface area contributed by atoms with Gasteiger partial charge in [0.05, 0.1) is 32.5 Å². The minimum atomic E-state index is -0.227. The number of carbonyl (C=O) groups excluding carboxylic acids is 1. The van der Waals surface area contributed by atoms with E-state index in [1.807, 2.05) is 24.3 Å². The number of H-pyrrole nitrogens is 1. The first-order valence-electron chi connectivity index (χ1n) is 10.5. The monoisotopic (exact) mass is 466 g/mol. The molecule has 1 aliphatic rings. The van der Waals surface area contributed by atoms with Crippen molar-refractivity contribution in [2.24, 2.45) is 0 Å². The summed E-state index contributed by atoms with van der Waals surface area (Å²) >= 11 is 6.31. The lowest BCUT2D eigenvalue weighted by Crippen LogP contribution is -2.30. The Balaban J connectivity index is 1.64. The topological polar surface area (TPSA) is 84.0 Å². The number of phenolic OH excluding ortho intramolecular Hbond substituents is 1. The van der Waals surface area contributed by atoms with Crippen molar-refractivity contribution in [3.05, 3.63) is 53.7 Å². The van der Waals surface area contributed by atoms with Crippen LogP contribution in [-0.4, -0.2) is 49.8 Å². The molecule has 0 fully saturated rings. The van der Waals surface area contributed by atoms with E-state index in [1.54, 1.807) is 30.2 Å². The molecule has 4 aromatic rings. The summed E-state index contributed by atoms with van der Waals surface area (Å²) in [7, 11) is 4.62. The molecule has 1 atom stereocenters. The van der Waals surface area contributed by atoms with Crippen molar-refractivity contribution in [1.82, 2.24) is 4.98 Å². The van der Waals surface area contributed by atoms with Crippen LogP contribution in [0.25, 0.3) is 21.7 Å². The highest BCUT2D eigenvalue weighted by atomic mass is 35.5. The number of methoxy groups -OCH3 is 3. The fourth-order valence-electron chi connectivity index (χ4n) is 4.75. The average molecular weight is 467 g/mol. The predicted molar refractivity (Wildman–Crippen MR) is 129 cm³/mol. The normalized spacial score (nSPS) is 15.2. The van der Waals surface area contributed by atoms with Crippen LogP contribution in [0, 0.1) is 0 Å². The van der Waals surface area contributed by atoms with E-state index in [0.29, 0.717) is 46.6 Å². The van der Waals surface area contributed by atoms with Gasteiger partial charge in [-0.3, -0.25) is 4.79 Å². The molecule has 33 heavy (non-hydrogen) atoms. The van der Waals surface area contributed by atoms with E-state index in [0.717, 1.165) is 21.7 Å². The molecule has 170 valence electrons. The van der Waals surface area contributed by atoms with Gasteiger partial charge in [-0.25, -0.2) is 0 Å². The van der Waals surface area contributed by atoms with Gasteiger partial charge in [-0.2, -0.15) is 0 Å². The smallest absolute Gasteiger partial charge is 0.274 e. The Hall–Kier alpha value is -3.58. The molecular weight excluding hydrogens is 444 g/mol. The van der Waals surface area contributed by atoms with Crippen molar-refractivity contribution in [2.45, 2.75) is 5.92 Å². The molecule has 1 aromatic heterocycles. The second-order valence-corrected chi connectivity index (χ2v) is 8.24. The average Bonchev–Trinajstić information content (AvgIpc) is 3.43. The lowest BCUT2D eigenvalue weighted by molar-refractivity contribution is 0.0984. The number of halogens is 1. The Kier molecular flexibility index (Phi) is 5.21. The van der Waals surface area contributed by atoms with Gasteiger partial charge in [0, 0.05) is 35.2 Å². The molecule has 0 aliphatic carbocycles. The fraction of sp³-hybridized carbons (Fsp3) is 0.240. The number of phenols is 1. The Bertz CT molecular complexity index is 1400. The van der Waals surface area contributed by atoms with Crippen LogP contribution in [0.15, 0.2) is 42.5 Å². The first-order chi connectivity index (χ1) is 16.0. The molecule has 1 unspecified atom stereocenters. The van der Waals surface area contributed by atoms with Crippen molar-refractivity contribution in [3.8, 4) is 23.0 Å².